The molecule has 0 bridgehead atoms. The first-order valence-corrected chi connectivity index (χ1v) is 6.23. The number of rotatable bonds is 4. The number of nitrogens with one attached hydrogen (secondary N) is 1. The molecular formula is C13H18N4O2. The van der Waals surface area contributed by atoms with Crippen molar-refractivity contribution >= 4 is 11.6 Å². The van der Waals surface area contributed by atoms with Crippen LogP contribution < -0.4 is 5.48 Å². The van der Waals surface area contributed by atoms with Crippen LogP contribution >= 0.6 is 0 Å². The van der Waals surface area contributed by atoms with Gasteiger partial charge in [-0.25, -0.2) is 15.0 Å². The molecule has 0 spiro atoms. The molecule has 2 aromatic heterocycles. The van der Waals surface area contributed by atoms with Gasteiger partial charge in [-0.15, -0.1) is 0 Å². The predicted molar refractivity (Wildman–Crippen MR) is 70.7 cm³/mol. The maximum absolute atomic E-state index is 12.0. The second-order valence-corrected chi connectivity index (χ2v) is 4.95. The number of hydrogen-bond donors (Lipinski definition) is 1. The van der Waals surface area contributed by atoms with E-state index in [0.717, 1.165) is 17.0 Å². The number of hydrogen-bond acceptors (Lipinski definition) is 4. The molecule has 0 saturated heterocycles. The third-order valence-corrected chi connectivity index (χ3v) is 2.67. The standard InChI is InChI=1S/C13H18N4O2/c1-8(2)7-19-16-13(18)11-6-14-12-5-9(3)15-17(12)10(11)4/h5-6,8H,7H2,1-4H3,(H,16,18). The van der Waals surface area contributed by atoms with E-state index in [4.69, 9.17) is 4.84 Å². The molecule has 2 heterocycles. The lowest BCUT2D eigenvalue weighted by molar-refractivity contribution is 0.0207. The largest absolute Gasteiger partial charge is 0.278 e. The summed E-state index contributed by atoms with van der Waals surface area (Å²) in [7, 11) is 0. The minimum absolute atomic E-state index is 0.305. The van der Waals surface area contributed by atoms with E-state index >= 15 is 0 Å². The number of hydroxylamine groups is 1. The molecule has 2 aromatic rings. The van der Waals surface area contributed by atoms with Crippen LogP contribution in [0.15, 0.2) is 12.3 Å². The Labute approximate surface area is 111 Å². The van der Waals surface area contributed by atoms with Crippen molar-refractivity contribution in [3.05, 3.63) is 29.2 Å². The maximum atomic E-state index is 12.0. The van der Waals surface area contributed by atoms with E-state index < -0.39 is 0 Å². The summed E-state index contributed by atoms with van der Waals surface area (Å²) in [5.74, 6) is 0.0523. The highest BCUT2D eigenvalue weighted by molar-refractivity contribution is 5.94. The summed E-state index contributed by atoms with van der Waals surface area (Å²) in [5, 5.41) is 4.30. The van der Waals surface area contributed by atoms with Gasteiger partial charge in [0, 0.05) is 12.3 Å². The second kappa shape index (κ2) is 5.36. The highest BCUT2D eigenvalue weighted by atomic mass is 16.6. The Balaban J connectivity index is 2.20. The van der Waals surface area contributed by atoms with Crippen molar-refractivity contribution in [2.24, 2.45) is 5.92 Å². The van der Waals surface area contributed by atoms with Gasteiger partial charge in [0.25, 0.3) is 5.91 Å². The lowest BCUT2D eigenvalue weighted by Gasteiger charge is -2.09. The molecule has 0 aliphatic rings. The maximum Gasteiger partial charge on any atom is 0.278 e. The zero-order valence-corrected chi connectivity index (χ0v) is 11.6. The van der Waals surface area contributed by atoms with Gasteiger partial charge >= 0.3 is 0 Å². The van der Waals surface area contributed by atoms with Gasteiger partial charge < -0.3 is 0 Å². The lowest BCUT2D eigenvalue weighted by Crippen LogP contribution is -2.27. The molecule has 1 N–H and O–H groups in total. The summed E-state index contributed by atoms with van der Waals surface area (Å²) in [5.41, 5.74) is 5.22. The van der Waals surface area contributed by atoms with E-state index in [1.54, 1.807) is 10.7 Å². The van der Waals surface area contributed by atoms with Gasteiger partial charge in [-0.3, -0.25) is 9.63 Å². The molecule has 0 aromatic carbocycles. The topological polar surface area (TPSA) is 68.5 Å². The molecule has 0 fully saturated rings. The molecule has 2 rings (SSSR count). The summed E-state index contributed by atoms with van der Waals surface area (Å²) in [6.07, 6.45) is 1.54. The molecule has 102 valence electrons. The van der Waals surface area contributed by atoms with Crippen LogP contribution in [0.1, 0.15) is 35.6 Å². The fourth-order valence-corrected chi connectivity index (χ4v) is 1.71. The zero-order chi connectivity index (χ0) is 14.0. The Hall–Kier alpha value is -1.95. The van der Waals surface area contributed by atoms with Crippen LogP contribution in [0.25, 0.3) is 5.65 Å². The third-order valence-electron chi connectivity index (χ3n) is 2.67. The van der Waals surface area contributed by atoms with Crippen LogP contribution in [0.5, 0.6) is 0 Å². The van der Waals surface area contributed by atoms with Crippen molar-refractivity contribution < 1.29 is 9.63 Å². The number of nitrogens with zero attached hydrogens (tertiary/aromatic N) is 3. The first-order valence-electron chi connectivity index (χ1n) is 6.23. The Morgan fingerprint density at radius 1 is 1.47 bits per heavy atom. The Bertz CT molecular complexity index is 604. The zero-order valence-electron chi connectivity index (χ0n) is 11.6. The first kappa shape index (κ1) is 13.5. The van der Waals surface area contributed by atoms with E-state index in [9.17, 15) is 4.79 Å². The molecule has 0 aliphatic heterocycles. The van der Waals surface area contributed by atoms with Crippen LogP contribution in [-0.4, -0.2) is 27.1 Å². The first-order chi connectivity index (χ1) is 8.99. The van der Waals surface area contributed by atoms with Crippen LogP contribution in [0.3, 0.4) is 0 Å². The summed E-state index contributed by atoms with van der Waals surface area (Å²) in [6.45, 7) is 8.22. The molecule has 6 nitrogen and oxygen atoms in total. The minimum atomic E-state index is -0.305. The highest BCUT2D eigenvalue weighted by Gasteiger charge is 2.14. The van der Waals surface area contributed by atoms with Crippen LogP contribution in [0.4, 0.5) is 0 Å². The van der Waals surface area contributed by atoms with Gasteiger partial charge in [-0.1, -0.05) is 13.8 Å². The van der Waals surface area contributed by atoms with Gasteiger partial charge in [0.05, 0.1) is 23.6 Å². The summed E-state index contributed by atoms with van der Waals surface area (Å²) >= 11 is 0. The Morgan fingerprint density at radius 2 is 2.21 bits per heavy atom. The molecule has 0 saturated carbocycles. The van der Waals surface area contributed by atoms with Crippen LogP contribution in [-0.2, 0) is 4.84 Å². The fraction of sp³-hybridized carbons (Fsp3) is 0.462. The van der Waals surface area contributed by atoms with Gasteiger partial charge in [0.2, 0.25) is 0 Å². The highest BCUT2D eigenvalue weighted by Crippen LogP contribution is 2.10. The predicted octanol–water partition coefficient (Wildman–Crippen LogP) is 1.66. The third kappa shape index (κ3) is 2.90. The fourth-order valence-electron chi connectivity index (χ4n) is 1.71. The lowest BCUT2D eigenvalue weighted by atomic mass is 10.2. The summed E-state index contributed by atoms with van der Waals surface area (Å²) < 4.78 is 1.66. The molecular weight excluding hydrogens is 244 g/mol. The number of amides is 1. The van der Waals surface area contributed by atoms with Gasteiger partial charge in [-0.05, 0) is 19.8 Å². The van der Waals surface area contributed by atoms with E-state index in [1.807, 2.05) is 33.8 Å². The molecule has 6 heteroatoms. The Kier molecular flexibility index (Phi) is 3.80. The van der Waals surface area contributed by atoms with E-state index in [0.29, 0.717) is 18.1 Å². The smallest absolute Gasteiger partial charge is 0.273 e. The van der Waals surface area contributed by atoms with E-state index in [2.05, 4.69) is 15.6 Å². The number of fused-ring (bicyclic) bond motifs is 1. The number of carbonyl (C=O) groups is 1. The van der Waals surface area contributed by atoms with Crippen LogP contribution in [0.2, 0.25) is 0 Å². The van der Waals surface area contributed by atoms with Gasteiger partial charge in [0.1, 0.15) is 0 Å². The van der Waals surface area contributed by atoms with Crippen molar-refractivity contribution in [3.8, 4) is 0 Å². The SMILES string of the molecule is Cc1cc2ncc(C(=O)NOCC(C)C)c(C)n2n1. The van der Waals surface area contributed by atoms with Crippen molar-refractivity contribution in [1.82, 2.24) is 20.1 Å². The average molecular weight is 262 g/mol. The van der Waals surface area contributed by atoms with Gasteiger partial charge in [-0.2, -0.15) is 5.10 Å². The molecule has 19 heavy (non-hydrogen) atoms. The minimum Gasteiger partial charge on any atom is -0.273 e. The molecule has 1 amide bonds. The number of carbonyl (C=O) groups excluding carboxylic acids is 1. The Morgan fingerprint density at radius 3 is 2.89 bits per heavy atom. The molecule has 0 radical (unpaired) electrons. The van der Waals surface area contributed by atoms with Crippen molar-refractivity contribution in [2.45, 2.75) is 27.7 Å². The van der Waals surface area contributed by atoms with Gasteiger partial charge in [0.15, 0.2) is 5.65 Å². The molecule has 0 unspecified atom stereocenters. The molecule has 0 atom stereocenters. The normalized spacial score (nSPS) is 11.2. The van der Waals surface area contributed by atoms with Crippen molar-refractivity contribution in [1.29, 1.82) is 0 Å². The summed E-state index contributed by atoms with van der Waals surface area (Å²) in [6, 6.07) is 1.87. The van der Waals surface area contributed by atoms with Crippen molar-refractivity contribution in [2.75, 3.05) is 6.61 Å². The summed E-state index contributed by atoms with van der Waals surface area (Å²) in [4.78, 5) is 21.3. The second-order valence-electron chi connectivity index (χ2n) is 4.95. The van der Waals surface area contributed by atoms with E-state index in [1.165, 1.54) is 0 Å². The number of aryl methyl sites for hydroxylation is 2. The quantitative estimate of drug-likeness (QED) is 0.851. The van der Waals surface area contributed by atoms with Crippen molar-refractivity contribution in [3.63, 3.8) is 0 Å². The van der Waals surface area contributed by atoms with Crippen LogP contribution in [0, 0.1) is 19.8 Å². The molecule has 0 aliphatic carbocycles. The number of aromatic nitrogens is 3. The average Bonchev–Trinajstić information content (AvgIpc) is 2.70. The monoisotopic (exact) mass is 262 g/mol. The van der Waals surface area contributed by atoms with E-state index in [-0.39, 0.29) is 5.91 Å².